The van der Waals surface area contributed by atoms with E-state index in [1.165, 1.54) is 15.3 Å². The smallest absolute Gasteiger partial charge is 0.289 e. The average Bonchev–Trinajstić information content (AvgIpc) is 3.37. The van der Waals surface area contributed by atoms with Crippen LogP contribution in [0.15, 0.2) is 39.6 Å². The zero-order valence-corrected chi connectivity index (χ0v) is 17.5. The van der Waals surface area contributed by atoms with Crippen LogP contribution in [0.3, 0.4) is 0 Å². The number of carbonyl (C=O) groups is 1. The highest BCUT2D eigenvalue weighted by Crippen LogP contribution is 2.28. The van der Waals surface area contributed by atoms with E-state index in [0.29, 0.717) is 13.1 Å². The lowest BCUT2D eigenvalue weighted by atomic mass is 10.1. The normalized spacial score (nSPS) is 16.1. The van der Waals surface area contributed by atoms with Crippen molar-refractivity contribution in [1.82, 2.24) is 9.21 Å². The van der Waals surface area contributed by atoms with Gasteiger partial charge in [0, 0.05) is 26.2 Å². The van der Waals surface area contributed by atoms with Gasteiger partial charge in [-0.25, -0.2) is 8.42 Å². The van der Waals surface area contributed by atoms with Crippen molar-refractivity contribution >= 4 is 15.9 Å². The summed E-state index contributed by atoms with van der Waals surface area (Å²) in [7, 11) is -0.364. The number of furan rings is 1. The Morgan fingerprint density at radius 1 is 1.21 bits per heavy atom. The number of hydrogen-bond donors (Lipinski definition) is 0. The molecule has 1 aromatic carbocycles. The molecule has 152 valence electrons. The molecule has 1 aliphatic rings. The van der Waals surface area contributed by atoms with Crippen molar-refractivity contribution in [1.29, 1.82) is 0 Å². The fraction of sp³-hybridized carbons (Fsp3) is 0.450. The van der Waals surface area contributed by atoms with Gasteiger partial charge in [0.15, 0.2) is 5.76 Å². The summed E-state index contributed by atoms with van der Waals surface area (Å²) in [5.74, 6) is 0.636. The van der Waals surface area contributed by atoms with Crippen LogP contribution in [0.1, 0.15) is 47.7 Å². The van der Waals surface area contributed by atoms with Gasteiger partial charge in [0.1, 0.15) is 16.4 Å². The summed E-state index contributed by atoms with van der Waals surface area (Å²) in [6.07, 6.45) is 1.70. The van der Waals surface area contributed by atoms with Gasteiger partial charge in [0.05, 0.1) is 13.2 Å². The molecule has 3 rings (SSSR count). The molecule has 2 aromatic rings. The van der Waals surface area contributed by atoms with Gasteiger partial charge in [-0.15, -0.1) is 0 Å². The number of nitrogens with zero attached hydrogens (tertiary/aromatic N) is 2. The highest BCUT2D eigenvalue weighted by molar-refractivity contribution is 7.89. The minimum atomic E-state index is -3.63. The maximum Gasteiger partial charge on any atom is 0.289 e. The van der Waals surface area contributed by atoms with E-state index in [1.807, 2.05) is 31.2 Å². The van der Waals surface area contributed by atoms with E-state index < -0.39 is 10.0 Å². The van der Waals surface area contributed by atoms with Gasteiger partial charge >= 0.3 is 0 Å². The Morgan fingerprint density at radius 3 is 2.39 bits per heavy atom. The summed E-state index contributed by atoms with van der Waals surface area (Å²) in [5.41, 5.74) is 0.935. The first kappa shape index (κ1) is 20.4. The number of benzene rings is 1. The quantitative estimate of drug-likeness (QED) is 0.736. The number of amides is 1. The van der Waals surface area contributed by atoms with Crippen molar-refractivity contribution in [3.8, 4) is 5.75 Å². The Morgan fingerprint density at radius 2 is 1.82 bits per heavy atom. The van der Waals surface area contributed by atoms with Gasteiger partial charge in [-0.1, -0.05) is 12.1 Å². The van der Waals surface area contributed by atoms with E-state index in [9.17, 15) is 13.2 Å². The van der Waals surface area contributed by atoms with Crippen molar-refractivity contribution < 1.29 is 22.4 Å². The van der Waals surface area contributed by atoms with E-state index in [-0.39, 0.29) is 28.4 Å². The van der Waals surface area contributed by atoms with Crippen LogP contribution in [0.25, 0.3) is 0 Å². The Balaban J connectivity index is 1.82. The van der Waals surface area contributed by atoms with E-state index in [4.69, 9.17) is 9.15 Å². The van der Waals surface area contributed by atoms with E-state index in [1.54, 1.807) is 21.1 Å². The molecule has 0 bridgehead atoms. The summed E-state index contributed by atoms with van der Waals surface area (Å²) < 4.78 is 37.8. The zero-order chi connectivity index (χ0) is 20.5. The Bertz CT molecular complexity index is 943. The number of rotatable bonds is 6. The number of ether oxygens (including phenoxy) is 1. The highest BCUT2D eigenvalue weighted by Gasteiger charge is 2.32. The zero-order valence-electron chi connectivity index (χ0n) is 16.6. The second-order valence-electron chi connectivity index (χ2n) is 7.01. The second-order valence-corrected chi connectivity index (χ2v) is 8.91. The Hall–Kier alpha value is -2.32. The minimum Gasteiger partial charge on any atom is -0.497 e. The summed E-state index contributed by atoms with van der Waals surface area (Å²) in [4.78, 5) is 14.5. The number of aryl methyl sites for hydroxylation is 1. The molecule has 7 nitrogen and oxygen atoms in total. The predicted octanol–water partition coefficient (Wildman–Crippen LogP) is 3.21. The van der Waals surface area contributed by atoms with Crippen LogP contribution in [0.4, 0.5) is 0 Å². The van der Waals surface area contributed by atoms with E-state index >= 15 is 0 Å². The van der Waals surface area contributed by atoms with Crippen molar-refractivity contribution in [3.05, 3.63) is 47.4 Å². The van der Waals surface area contributed by atoms with Crippen molar-refractivity contribution in [2.24, 2.45) is 0 Å². The molecular formula is C20H26N2O5S. The summed E-state index contributed by atoms with van der Waals surface area (Å²) >= 11 is 0. The van der Waals surface area contributed by atoms with Crippen LogP contribution >= 0.6 is 0 Å². The standard InChI is InChI=1S/C20H26N2O5S/c1-14(16-7-9-17(26-4)10-8-16)21(3)20(23)18-13-19(15(2)27-18)28(24,25)22-11-5-6-12-22/h7-10,13-14H,5-6,11-12H2,1-4H3. The van der Waals surface area contributed by atoms with E-state index in [2.05, 4.69) is 0 Å². The van der Waals surface area contributed by atoms with Gasteiger partial charge < -0.3 is 14.1 Å². The van der Waals surface area contributed by atoms with Crippen molar-refractivity contribution in [3.63, 3.8) is 0 Å². The van der Waals surface area contributed by atoms with Crippen LogP contribution in [0.2, 0.25) is 0 Å². The third-order valence-electron chi connectivity index (χ3n) is 5.27. The molecule has 0 saturated carbocycles. The van der Waals surface area contributed by atoms with Crippen LogP contribution in [0.5, 0.6) is 5.75 Å². The largest absolute Gasteiger partial charge is 0.497 e. The number of sulfonamides is 1. The average molecular weight is 407 g/mol. The Kier molecular flexibility index (Phi) is 5.81. The van der Waals surface area contributed by atoms with Gasteiger partial charge in [-0.2, -0.15) is 4.31 Å². The van der Waals surface area contributed by atoms with Crippen molar-refractivity contribution in [2.45, 2.75) is 37.6 Å². The molecule has 0 spiro atoms. The fourth-order valence-electron chi connectivity index (χ4n) is 3.35. The molecule has 1 aromatic heterocycles. The molecule has 1 saturated heterocycles. The molecule has 8 heteroatoms. The minimum absolute atomic E-state index is 0.0260. The lowest BCUT2D eigenvalue weighted by Crippen LogP contribution is -2.29. The van der Waals surface area contributed by atoms with Gasteiger partial charge in [0.2, 0.25) is 10.0 Å². The number of hydrogen-bond acceptors (Lipinski definition) is 5. The fourth-order valence-corrected chi connectivity index (χ4v) is 5.03. The van der Waals surface area contributed by atoms with Gasteiger partial charge in [-0.05, 0) is 44.4 Å². The first-order valence-electron chi connectivity index (χ1n) is 9.27. The molecule has 2 heterocycles. The molecule has 1 fully saturated rings. The maximum atomic E-state index is 12.9. The molecule has 1 unspecified atom stereocenters. The van der Waals surface area contributed by atoms with Crippen LogP contribution < -0.4 is 4.74 Å². The van der Waals surface area contributed by atoms with Crippen LogP contribution in [-0.2, 0) is 10.0 Å². The lowest BCUT2D eigenvalue weighted by Gasteiger charge is -2.24. The van der Waals surface area contributed by atoms with Crippen LogP contribution in [-0.4, -0.2) is 50.8 Å². The molecular weight excluding hydrogens is 380 g/mol. The maximum absolute atomic E-state index is 12.9. The predicted molar refractivity (Wildman–Crippen MR) is 105 cm³/mol. The highest BCUT2D eigenvalue weighted by atomic mass is 32.2. The molecule has 1 amide bonds. The lowest BCUT2D eigenvalue weighted by molar-refractivity contribution is 0.0709. The molecule has 1 atom stereocenters. The van der Waals surface area contributed by atoms with Crippen LogP contribution in [0, 0.1) is 6.92 Å². The third-order valence-corrected chi connectivity index (χ3v) is 7.27. The Labute approximate surface area is 165 Å². The molecule has 0 aliphatic carbocycles. The second kappa shape index (κ2) is 7.97. The van der Waals surface area contributed by atoms with Crippen molar-refractivity contribution in [2.75, 3.05) is 27.2 Å². The first-order valence-corrected chi connectivity index (χ1v) is 10.7. The molecule has 0 N–H and O–H groups in total. The third kappa shape index (κ3) is 3.79. The first-order chi connectivity index (χ1) is 13.3. The summed E-state index contributed by atoms with van der Waals surface area (Å²) in [6, 6.07) is 8.59. The molecule has 28 heavy (non-hydrogen) atoms. The molecule has 0 radical (unpaired) electrons. The summed E-state index contributed by atoms with van der Waals surface area (Å²) in [5, 5.41) is 0. The number of methoxy groups -OCH3 is 1. The van der Waals surface area contributed by atoms with Gasteiger partial charge in [0.25, 0.3) is 5.91 Å². The molecule has 1 aliphatic heterocycles. The SMILES string of the molecule is COc1ccc(C(C)N(C)C(=O)c2cc(S(=O)(=O)N3CCCC3)c(C)o2)cc1. The summed E-state index contributed by atoms with van der Waals surface area (Å²) in [6.45, 7) is 4.49. The van der Waals surface area contributed by atoms with Gasteiger partial charge in [-0.3, -0.25) is 4.79 Å². The monoisotopic (exact) mass is 406 g/mol. The topological polar surface area (TPSA) is 80.1 Å². The van der Waals surface area contributed by atoms with E-state index in [0.717, 1.165) is 24.2 Å². The number of carbonyl (C=O) groups excluding carboxylic acids is 1.